The Bertz CT molecular complexity index is 200. The molecular formula is C10H24N2O3Si. The van der Waals surface area contributed by atoms with Gasteiger partial charge in [-0.3, -0.25) is 5.21 Å². The number of rotatable bonds is 7. The highest BCUT2D eigenvalue weighted by atomic mass is 28.4. The third kappa shape index (κ3) is 4.96. The average molecular weight is 248 g/mol. The largest absolute Gasteiger partial charge is 0.415 e. The third-order valence-corrected chi connectivity index (χ3v) is 7.70. The molecule has 2 amide bonds. The molecular weight excluding hydrogens is 224 g/mol. The zero-order chi connectivity index (χ0) is 12.6. The Morgan fingerprint density at radius 3 is 2.19 bits per heavy atom. The second kappa shape index (κ2) is 7.64. The van der Waals surface area contributed by atoms with Crippen LogP contribution in [0.15, 0.2) is 0 Å². The van der Waals surface area contributed by atoms with E-state index < -0.39 is 14.3 Å². The molecule has 0 rings (SSSR count). The molecule has 0 heterocycles. The standard InChI is InChI=1S/C10H24N2O3Si/c1-5-16(6-2,7-3)15-9-8-11-10(13)12(4)14/h14H,5-9H2,1-4H3,(H,11,13). The Kier molecular flexibility index (Phi) is 7.36. The van der Waals surface area contributed by atoms with Crippen molar-refractivity contribution in [2.75, 3.05) is 20.2 Å². The van der Waals surface area contributed by atoms with Gasteiger partial charge in [-0.05, 0) is 18.1 Å². The maximum atomic E-state index is 11.0. The Morgan fingerprint density at radius 1 is 1.31 bits per heavy atom. The summed E-state index contributed by atoms with van der Waals surface area (Å²) in [5.74, 6) is 0. The van der Waals surface area contributed by atoms with Gasteiger partial charge in [-0.15, -0.1) is 0 Å². The van der Waals surface area contributed by atoms with Gasteiger partial charge in [0.1, 0.15) is 0 Å². The molecule has 0 saturated carbocycles. The molecule has 0 aliphatic rings. The Morgan fingerprint density at radius 2 is 1.81 bits per heavy atom. The van der Waals surface area contributed by atoms with Crippen LogP contribution in [0.3, 0.4) is 0 Å². The van der Waals surface area contributed by atoms with Crippen LogP contribution in [0, 0.1) is 0 Å². The van der Waals surface area contributed by atoms with Crippen LogP contribution in [-0.2, 0) is 4.43 Å². The summed E-state index contributed by atoms with van der Waals surface area (Å²) >= 11 is 0. The highest BCUT2D eigenvalue weighted by Crippen LogP contribution is 2.20. The minimum absolute atomic E-state index is 0.443. The highest BCUT2D eigenvalue weighted by Gasteiger charge is 2.28. The summed E-state index contributed by atoms with van der Waals surface area (Å²) in [6.45, 7) is 7.47. The molecule has 0 radical (unpaired) electrons. The lowest BCUT2D eigenvalue weighted by molar-refractivity contribution is -0.0184. The second-order valence-corrected chi connectivity index (χ2v) is 8.62. The summed E-state index contributed by atoms with van der Waals surface area (Å²) in [4.78, 5) is 11.0. The van der Waals surface area contributed by atoms with Gasteiger partial charge in [0.2, 0.25) is 0 Å². The van der Waals surface area contributed by atoms with Gasteiger partial charge in [0.25, 0.3) is 0 Å². The van der Waals surface area contributed by atoms with Gasteiger partial charge < -0.3 is 9.74 Å². The predicted octanol–water partition coefficient (Wildman–Crippen LogP) is 2.04. The predicted molar refractivity (Wildman–Crippen MR) is 66.1 cm³/mol. The molecule has 6 heteroatoms. The molecule has 2 N–H and O–H groups in total. The second-order valence-electron chi connectivity index (χ2n) is 3.85. The first kappa shape index (κ1) is 15.4. The molecule has 0 aromatic heterocycles. The van der Waals surface area contributed by atoms with Gasteiger partial charge in [-0.2, -0.15) is 0 Å². The van der Waals surface area contributed by atoms with Crippen LogP contribution in [0.1, 0.15) is 20.8 Å². The highest BCUT2D eigenvalue weighted by molar-refractivity contribution is 6.73. The van der Waals surface area contributed by atoms with Crippen LogP contribution >= 0.6 is 0 Å². The average Bonchev–Trinajstić information content (AvgIpc) is 2.30. The lowest BCUT2D eigenvalue weighted by Gasteiger charge is -2.28. The van der Waals surface area contributed by atoms with Crippen molar-refractivity contribution in [1.82, 2.24) is 10.4 Å². The number of urea groups is 1. The SMILES string of the molecule is CC[Si](CC)(CC)OCCNC(=O)N(C)O. The molecule has 0 unspecified atom stereocenters. The summed E-state index contributed by atoms with van der Waals surface area (Å²) in [6, 6.07) is 2.82. The van der Waals surface area contributed by atoms with E-state index in [0.717, 1.165) is 18.1 Å². The van der Waals surface area contributed by atoms with Crippen molar-refractivity contribution in [1.29, 1.82) is 0 Å². The van der Waals surface area contributed by atoms with E-state index >= 15 is 0 Å². The van der Waals surface area contributed by atoms with Crippen molar-refractivity contribution in [3.63, 3.8) is 0 Å². The van der Waals surface area contributed by atoms with E-state index in [1.165, 1.54) is 7.05 Å². The molecule has 0 fully saturated rings. The fourth-order valence-electron chi connectivity index (χ4n) is 1.60. The van der Waals surface area contributed by atoms with Crippen molar-refractivity contribution < 1.29 is 14.4 Å². The summed E-state index contributed by atoms with van der Waals surface area (Å²) in [7, 11) is -0.253. The Labute approximate surface area is 98.9 Å². The van der Waals surface area contributed by atoms with Crippen molar-refractivity contribution in [2.45, 2.75) is 38.9 Å². The van der Waals surface area contributed by atoms with Gasteiger partial charge in [-0.25, -0.2) is 9.86 Å². The van der Waals surface area contributed by atoms with E-state index in [-0.39, 0.29) is 0 Å². The number of nitrogens with one attached hydrogen (secondary N) is 1. The third-order valence-electron chi connectivity index (χ3n) is 3.01. The molecule has 0 aliphatic heterocycles. The number of carbonyl (C=O) groups excluding carboxylic acids is 1. The van der Waals surface area contributed by atoms with E-state index in [1.54, 1.807) is 0 Å². The fourth-order valence-corrected chi connectivity index (χ4v) is 4.24. The van der Waals surface area contributed by atoms with Crippen molar-refractivity contribution in [2.24, 2.45) is 0 Å². The topological polar surface area (TPSA) is 61.8 Å². The van der Waals surface area contributed by atoms with Crippen LogP contribution in [0.5, 0.6) is 0 Å². The summed E-state index contributed by atoms with van der Waals surface area (Å²) < 4.78 is 5.93. The van der Waals surface area contributed by atoms with Gasteiger partial charge in [0.05, 0.1) is 6.61 Å². The minimum atomic E-state index is -1.54. The lowest BCUT2D eigenvalue weighted by Crippen LogP contribution is -2.41. The van der Waals surface area contributed by atoms with Gasteiger partial charge in [-0.1, -0.05) is 20.8 Å². The Balaban J connectivity index is 3.83. The first-order valence-electron chi connectivity index (χ1n) is 5.85. The maximum absolute atomic E-state index is 11.0. The van der Waals surface area contributed by atoms with E-state index in [4.69, 9.17) is 9.63 Å². The minimum Gasteiger partial charge on any atom is -0.415 e. The molecule has 16 heavy (non-hydrogen) atoms. The molecule has 0 aromatic carbocycles. The number of amides is 2. The molecule has 0 bridgehead atoms. The number of nitrogens with zero attached hydrogens (tertiary/aromatic N) is 1. The van der Waals surface area contributed by atoms with Gasteiger partial charge >= 0.3 is 6.03 Å². The normalized spacial score (nSPS) is 11.3. The fraction of sp³-hybridized carbons (Fsp3) is 0.900. The monoisotopic (exact) mass is 248 g/mol. The number of hydrogen-bond acceptors (Lipinski definition) is 3. The van der Waals surface area contributed by atoms with Crippen LogP contribution in [0.4, 0.5) is 4.79 Å². The molecule has 0 saturated heterocycles. The summed E-state index contributed by atoms with van der Waals surface area (Å²) in [5.41, 5.74) is 0. The van der Waals surface area contributed by atoms with Gasteiger partial charge in [0, 0.05) is 13.6 Å². The van der Waals surface area contributed by atoms with E-state index in [9.17, 15) is 4.79 Å². The van der Waals surface area contributed by atoms with Crippen LogP contribution in [0.25, 0.3) is 0 Å². The maximum Gasteiger partial charge on any atom is 0.340 e. The van der Waals surface area contributed by atoms with Crippen molar-refractivity contribution in [3.05, 3.63) is 0 Å². The molecule has 0 aliphatic carbocycles. The molecule has 96 valence electrons. The molecule has 5 nitrogen and oxygen atoms in total. The molecule has 0 aromatic rings. The molecule has 0 spiro atoms. The van der Waals surface area contributed by atoms with Crippen LogP contribution in [-0.4, -0.2) is 44.8 Å². The molecule has 0 atom stereocenters. The first-order chi connectivity index (χ1) is 7.51. The smallest absolute Gasteiger partial charge is 0.340 e. The van der Waals surface area contributed by atoms with Crippen LogP contribution < -0.4 is 5.32 Å². The zero-order valence-corrected chi connectivity index (χ0v) is 11.7. The Hall–Kier alpha value is -0.593. The van der Waals surface area contributed by atoms with E-state index in [1.807, 2.05) is 0 Å². The van der Waals surface area contributed by atoms with Gasteiger partial charge in [0.15, 0.2) is 8.32 Å². The van der Waals surface area contributed by atoms with Crippen molar-refractivity contribution in [3.8, 4) is 0 Å². The lowest BCUT2D eigenvalue weighted by atomic mass is 10.7. The van der Waals surface area contributed by atoms with Crippen molar-refractivity contribution >= 4 is 14.3 Å². The zero-order valence-electron chi connectivity index (χ0n) is 10.7. The number of hydrogen-bond donors (Lipinski definition) is 2. The van der Waals surface area contributed by atoms with Crippen LogP contribution in [0.2, 0.25) is 18.1 Å². The summed E-state index contributed by atoms with van der Waals surface area (Å²) in [5, 5.41) is 11.9. The summed E-state index contributed by atoms with van der Waals surface area (Å²) in [6.07, 6.45) is 0. The quantitative estimate of drug-likeness (QED) is 0.314. The van der Waals surface area contributed by atoms with E-state index in [0.29, 0.717) is 18.2 Å². The number of carbonyl (C=O) groups is 1. The first-order valence-corrected chi connectivity index (χ1v) is 8.38. The van der Waals surface area contributed by atoms with E-state index in [2.05, 4.69) is 26.1 Å². The number of hydroxylamine groups is 2.